The summed E-state index contributed by atoms with van der Waals surface area (Å²) in [6.45, 7) is 1.34. The summed E-state index contributed by atoms with van der Waals surface area (Å²) >= 11 is 0. The molecule has 0 atom stereocenters. The SMILES string of the molecule is COc1ccc2nnc(C3CCN(c4ccc(C(F)(F)F)cn4)CC3)n2n1. The second-order valence-electron chi connectivity index (χ2n) is 6.37. The highest BCUT2D eigenvalue weighted by Crippen LogP contribution is 2.32. The van der Waals surface area contributed by atoms with E-state index in [9.17, 15) is 13.2 Å². The molecule has 0 N–H and O–H groups in total. The predicted molar refractivity (Wildman–Crippen MR) is 90.8 cm³/mol. The highest BCUT2D eigenvalue weighted by molar-refractivity contribution is 5.41. The Morgan fingerprint density at radius 1 is 1.07 bits per heavy atom. The third-order valence-electron chi connectivity index (χ3n) is 4.73. The van der Waals surface area contributed by atoms with E-state index in [1.165, 1.54) is 6.07 Å². The molecule has 0 aromatic carbocycles. The van der Waals surface area contributed by atoms with Gasteiger partial charge in [0.25, 0.3) is 0 Å². The summed E-state index contributed by atoms with van der Waals surface area (Å²) in [6.07, 6.45) is -1.93. The minimum absolute atomic E-state index is 0.158. The van der Waals surface area contributed by atoms with Gasteiger partial charge in [-0.2, -0.15) is 17.7 Å². The molecule has 4 heterocycles. The highest BCUT2D eigenvalue weighted by Gasteiger charge is 2.31. The Balaban J connectivity index is 1.48. The molecule has 142 valence electrons. The average molecular weight is 378 g/mol. The number of piperidine rings is 1. The van der Waals surface area contributed by atoms with Crippen LogP contribution >= 0.6 is 0 Å². The fourth-order valence-electron chi connectivity index (χ4n) is 3.26. The van der Waals surface area contributed by atoms with Crippen molar-refractivity contribution < 1.29 is 17.9 Å². The van der Waals surface area contributed by atoms with E-state index in [2.05, 4.69) is 20.3 Å². The molecule has 1 fully saturated rings. The van der Waals surface area contributed by atoms with E-state index in [0.29, 0.717) is 30.4 Å². The lowest BCUT2D eigenvalue weighted by Crippen LogP contribution is -2.34. The number of nitrogens with zero attached hydrogens (tertiary/aromatic N) is 6. The topological polar surface area (TPSA) is 68.4 Å². The fourth-order valence-corrected chi connectivity index (χ4v) is 3.26. The first-order valence-corrected chi connectivity index (χ1v) is 8.50. The summed E-state index contributed by atoms with van der Waals surface area (Å²) in [5, 5.41) is 12.8. The molecule has 27 heavy (non-hydrogen) atoms. The van der Waals surface area contributed by atoms with Gasteiger partial charge in [0.05, 0.1) is 12.7 Å². The first-order chi connectivity index (χ1) is 13.0. The van der Waals surface area contributed by atoms with Gasteiger partial charge in [0.15, 0.2) is 11.5 Å². The van der Waals surface area contributed by atoms with Crippen LogP contribution in [0.1, 0.15) is 30.1 Å². The molecule has 1 aliphatic heterocycles. The van der Waals surface area contributed by atoms with Crippen molar-refractivity contribution in [3.05, 3.63) is 41.9 Å². The second-order valence-corrected chi connectivity index (χ2v) is 6.37. The number of anilines is 1. The molecule has 3 aromatic rings. The first kappa shape index (κ1) is 17.5. The number of ether oxygens (including phenoxy) is 1. The van der Waals surface area contributed by atoms with Crippen LogP contribution in [0.5, 0.6) is 5.88 Å². The smallest absolute Gasteiger partial charge is 0.417 e. The number of methoxy groups -OCH3 is 1. The maximum Gasteiger partial charge on any atom is 0.417 e. The Bertz CT molecular complexity index is 932. The van der Waals surface area contributed by atoms with Crippen LogP contribution in [0, 0.1) is 0 Å². The molecule has 3 aromatic heterocycles. The molecular weight excluding hydrogens is 361 g/mol. The number of fused-ring (bicyclic) bond motifs is 1. The molecule has 7 nitrogen and oxygen atoms in total. The maximum atomic E-state index is 12.7. The largest absolute Gasteiger partial charge is 0.480 e. The Morgan fingerprint density at radius 3 is 2.48 bits per heavy atom. The van der Waals surface area contributed by atoms with Gasteiger partial charge in [-0.05, 0) is 31.0 Å². The zero-order valence-corrected chi connectivity index (χ0v) is 14.5. The number of hydrogen-bond donors (Lipinski definition) is 0. The normalized spacial score (nSPS) is 16.1. The van der Waals surface area contributed by atoms with Crippen molar-refractivity contribution in [3.8, 4) is 5.88 Å². The van der Waals surface area contributed by atoms with Gasteiger partial charge in [0, 0.05) is 31.3 Å². The molecule has 1 saturated heterocycles. The molecule has 0 amide bonds. The Labute approximate surface area is 152 Å². The molecule has 0 unspecified atom stereocenters. The van der Waals surface area contributed by atoms with E-state index < -0.39 is 11.7 Å². The van der Waals surface area contributed by atoms with Gasteiger partial charge in [-0.15, -0.1) is 15.3 Å². The third kappa shape index (κ3) is 3.38. The fraction of sp³-hybridized carbons (Fsp3) is 0.412. The zero-order valence-electron chi connectivity index (χ0n) is 14.5. The van der Waals surface area contributed by atoms with Gasteiger partial charge in [-0.1, -0.05) is 0 Å². The summed E-state index contributed by atoms with van der Waals surface area (Å²) in [5.41, 5.74) is -0.0891. The Hall–Kier alpha value is -2.91. The van der Waals surface area contributed by atoms with Gasteiger partial charge < -0.3 is 9.64 Å². The van der Waals surface area contributed by atoms with Gasteiger partial charge in [-0.3, -0.25) is 0 Å². The van der Waals surface area contributed by atoms with E-state index in [-0.39, 0.29) is 5.92 Å². The Kier molecular flexibility index (Phi) is 4.33. The molecule has 10 heteroatoms. The van der Waals surface area contributed by atoms with E-state index in [0.717, 1.165) is 30.9 Å². The van der Waals surface area contributed by atoms with Crippen LogP contribution < -0.4 is 9.64 Å². The summed E-state index contributed by atoms with van der Waals surface area (Å²) in [7, 11) is 1.55. The van der Waals surface area contributed by atoms with Crippen molar-refractivity contribution in [2.45, 2.75) is 24.9 Å². The summed E-state index contributed by atoms with van der Waals surface area (Å²) in [6, 6.07) is 6.01. The van der Waals surface area contributed by atoms with Crippen LogP contribution in [-0.2, 0) is 6.18 Å². The van der Waals surface area contributed by atoms with Gasteiger partial charge in [-0.25, -0.2) is 4.98 Å². The quantitative estimate of drug-likeness (QED) is 0.698. The monoisotopic (exact) mass is 378 g/mol. The van der Waals surface area contributed by atoms with Gasteiger partial charge >= 0.3 is 6.18 Å². The minimum Gasteiger partial charge on any atom is -0.480 e. The van der Waals surface area contributed by atoms with Crippen molar-refractivity contribution in [1.82, 2.24) is 24.8 Å². The molecule has 4 rings (SSSR count). The van der Waals surface area contributed by atoms with Crippen molar-refractivity contribution in [2.24, 2.45) is 0 Å². The van der Waals surface area contributed by atoms with Crippen LogP contribution in [0.15, 0.2) is 30.5 Å². The van der Waals surface area contributed by atoms with Crippen molar-refractivity contribution in [2.75, 3.05) is 25.1 Å². The molecule has 0 saturated carbocycles. The lowest BCUT2D eigenvalue weighted by molar-refractivity contribution is -0.137. The average Bonchev–Trinajstić information content (AvgIpc) is 3.10. The van der Waals surface area contributed by atoms with Crippen molar-refractivity contribution in [3.63, 3.8) is 0 Å². The van der Waals surface area contributed by atoms with Crippen LogP contribution in [0.25, 0.3) is 5.65 Å². The zero-order chi connectivity index (χ0) is 19.0. The number of hydrogen-bond acceptors (Lipinski definition) is 6. The molecular formula is C17H17F3N6O. The molecule has 0 bridgehead atoms. The number of alkyl halides is 3. The van der Waals surface area contributed by atoms with E-state index in [4.69, 9.17) is 4.74 Å². The number of pyridine rings is 1. The Morgan fingerprint density at radius 2 is 1.85 bits per heavy atom. The number of aromatic nitrogens is 5. The molecule has 0 aliphatic carbocycles. The number of halogens is 3. The summed E-state index contributed by atoms with van der Waals surface area (Å²) < 4.78 is 44.9. The van der Waals surface area contributed by atoms with Crippen molar-refractivity contribution in [1.29, 1.82) is 0 Å². The van der Waals surface area contributed by atoms with Gasteiger partial charge in [0.2, 0.25) is 5.88 Å². The molecule has 0 spiro atoms. The third-order valence-corrected chi connectivity index (χ3v) is 4.73. The second kappa shape index (κ2) is 6.67. The molecule has 1 aliphatic rings. The van der Waals surface area contributed by atoms with Crippen LogP contribution in [0.3, 0.4) is 0 Å². The van der Waals surface area contributed by atoms with Crippen LogP contribution in [0.4, 0.5) is 19.0 Å². The van der Waals surface area contributed by atoms with E-state index in [1.54, 1.807) is 23.8 Å². The van der Waals surface area contributed by atoms with E-state index in [1.807, 2.05) is 4.90 Å². The van der Waals surface area contributed by atoms with Crippen molar-refractivity contribution >= 4 is 11.5 Å². The van der Waals surface area contributed by atoms with Crippen LogP contribution in [-0.4, -0.2) is 45.0 Å². The lowest BCUT2D eigenvalue weighted by atomic mass is 9.96. The van der Waals surface area contributed by atoms with Gasteiger partial charge in [0.1, 0.15) is 5.82 Å². The minimum atomic E-state index is -4.37. The van der Waals surface area contributed by atoms with E-state index >= 15 is 0 Å². The first-order valence-electron chi connectivity index (χ1n) is 8.50. The van der Waals surface area contributed by atoms with Crippen LogP contribution in [0.2, 0.25) is 0 Å². The standard InChI is InChI=1S/C17H17F3N6O/c1-27-15-5-4-14-22-23-16(26(14)24-15)11-6-8-25(9-7-11)13-3-2-12(10-21-13)17(18,19)20/h2-5,10-11H,6-9H2,1H3. The number of rotatable bonds is 3. The lowest BCUT2D eigenvalue weighted by Gasteiger charge is -2.32. The molecule has 0 radical (unpaired) electrons. The highest BCUT2D eigenvalue weighted by atomic mass is 19.4. The predicted octanol–water partition coefficient (Wildman–Crippen LogP) is 2.93. The summed E-state index contributed by atoms with van der Waals surface area (Å²) in [4.78, 5) is 5.95. The maximum absolute atomic E-state index is 12.7. The summed E-state index contributed by atoms with van der Waals surface area (Å²) in [5.74, 6) is 1.96.